The Morgan fingerprint density at radius 1 is 1.24 bits per heavy atom. The Kier molecular flexibility index (Phi) is 5.41. The maximum Gasteiger partial charge on any atom is 0.243 e. The number of hydrogen-bond acceptors (Lipinski definition) is 4. The molecule has 6 heteroatoms. The van der Waals surface area contributed by atoms with Crippen LogP contribution in [0.3, 0.4) is 0 Å². The fourth-order valence-corrected chi connectivity index (χ4v) is 3.99. The summed E-state index contributed by atoms with van der Waals surface area (Å²) in [6.45, 7) is 6.95. The van der Waals surface area contributed by atoms with E-state index in [0.717, 1.165) is 5.56 Å². The summed E-state index contributed by atoms with van der Waals surface area (Å²) < 4.78 is 27.0. The summed E-state index contributed by atoms with van der Waals surface area (Å²) in [5.41, 5.74) is 7.17. The molecule has 1 aromatic carbocycles. The molecule has 0 aliphatic rings. The minimum atomic E-state index is -3.71. The van der Waals surface area contributed by atoms with Gasteiger partial charge in [-0.15, -0.1) is 0 Å². The van der Waals surface area contributed by atoms with Gasteiger partial charge >= 0.3 is 0 Å². The molecule has 3 N–H and O–H groups in total. The number of nitrogens with two attached hydrogens (primary N) is 1. The number of aliphatic hydroxyl groups is 1. The third-order valence-electron chi connectivity index (χ3n) is 3.94. The van der Waals surface area contributed by atoms with E-state index >= 15 is 0 Å². The van der Waals surface area contributed by atoms with Crippen molar-refractivity contribution in [2.75, 3.05) is 19.4 Å². The fourth-order valence-electron chi connectivity index (χ4n) is 2.11. The van der Waals surface area contributed by atoms with Crippen LogP contribution in [0.2, 0.25) is 0 Å². The summed E-state index contributed by atoms with van der Waals surface area (Å²) >= 11 is 0. The van der Waals surface area contributed by atoms with Gasteiger partial charge in [0.15, 0.2) is 0 Å². The predicted molar refractivity (Wildman–Crippen MR) is 85.7 cm³/mol. The molecule has 1 aromatic rings. The molecule has 0 fully saturated rings. The van der Waals surface area contributed by atoms with Gasteiger partial charge in [-0.1, -0.05) is 13.8 Å². The Balaban J connectivity index is 3.54. The number of aliphatic hydroxyl groups excluding tert-OH is 1. The molecule has 5 nitrogen and oxygen atoms in total. The van der Waals surface area contributed by atoms with Crippen LogP contribution >= 0.6 is 0 Å². The van der Waals surface area contributed by atoms with Crippen molar-refractivity contribution < 1.29 is 13.5 Å². The zero-order chi connectivity index (χ0) is 16.4. The number of benzene rings is 1. The van der Waals surface area contributed by atoms with Crippen LogP contribution in [0.15, 0.2) is 17.0 Å². The van der Waals surface area contributed by atoms with Gasteiger partial charge in [0, 0.05) is 12.7 Å². The molecule has 0 saturated carbocycles. The molecule has 1 rings (SSSR count). The Hall–Kier alpha value is -1.11. The van der Waals surface area contributed by atoms with E-state index in [0.29, 0.717) is 24.1 Å². The van der Waals surface area contributed by atoms with Gasteiger partial charge in [-0.05, 0) is 49.9 Å². The van der Waals surface area contributed by atoms with Crippen LogP contribution in [0.5, 0.6) is 0 Å². The second kappa shape index (κ2) is 6.34. The van der Waals surface area contributed by atoms with Crippen LogP contribution < -0.4 is 5.73 Å². The minimum Gasteiger partial charge on any atom is -0.398 e. The normalized spacial score (nSPS) is 12.9. The van der Waals surface area contributed by atoms with Gasteiger partial charge < -0.3 is 10.8 Å². The smallest absolute Gasteiger partial charge is 0.243 e. The number of hydrogen-bond donors (Lipinski definition) is 2. The van der Waals surface area contributed by atoms with Gasteiger partial charge in [-0.3, -0.25) is 0 Å². The third kappa shape index (κ3) is 3.39. The Labute approximate surface area is 127 Å². The first kappa shape index (κ1) is 17.9. The number of nitrogens with zero attached hydrogens (tertiary/aromatic N) is 1. The zero-order valence-corrected chi connectivity index (χ0v) is 14.3. The molecule has 0 spiro atoms. The first-order valence-electron chi connectivity index (χ1n) is 7.13. The monoisotopic (exact) mass is 314 g/mol. The van der Waals surface area contributed by atoms with Crippen molar-refractivity contribution in [3.63, 3.8) is 0 Å². The Morgan fingerprint density at radius 2 is 1.81 bits per heavy atom. The van der Waals surface area contributed by atoms with Crippen molar-refractivity contribution in [3.05, 3.63) is 23.3 Å². The summed E-state index contributed by atoms with van der Waals surface area (Å²) in [5.74, 6) is 0. The van der Waals surface area contributed by atoms with Gasteiger partial charge in [-0.25, -0.2) is 8.42 Å². The van der Waals surface area contributed by atoms with E-state index in [9.17, 15) is 13.5 Å². The van der Waals surface area contributed by atoms with E-state index in [4.69, 9.17) is 5.73 Å². The van der Waals surface area contributed by atoms with Crippen LogP contribution in [-0.2, 0) is 22.9 Å². The van der Waals surface area contributed by atoms with Crippen LogP contribution in [-0.4, -0.2) is 37.0 Å². The van der Waals surface area contributed by atoms with E-state index < -0.39 is 15.6 Å². The van der Waals surface area contributed by atoms with Crippen molar-refractivity contribution in [1.29, 1.82) is 0 Å². The number of rotatable bonds is 6. The maximum absolute atomic E-state index is 12.9. The topological polar surface area (TPSA) is 83.6 Å². The summed E-state index contributed by atoms with van der Waals surface area (Å²) in [5, 5.41) is 9.43. The number of nitrogen functional groups attached to an aromatic ring is 1. The second-order valence-electron chi connectivity index (χ2n) is 5.81. The van der Waals surface area contributed by atoms with E-state index in [-0.39, 0.29) is 11.5 Å². The quantitative estimate of drug-likeness (QED) is 0.784. The summed E-state index contributed by atoms with van der Waals surface area (Å²) in [4.78, 5) is 0.242. The summed E-state index contributed by atoms with van der Waals surface area (Å²) in [7, 11) is -2.23. The molecule has 0 saturated heterocycles. The first-order chi connectivity index (χ1) is 9.61. The highest BCUT2D eigenvalue weighted by atomic mass is 32.2. The highest BCUT2D eigenvalue weighted by molar-refractivity contribution is 7.89. The van der Waals surface area contributed by atoms with Gasteiger partial charge in [0.25, 0.3) is 0 Å². The van der Waals surface area contributed by atoms with E-state index in [1.54, 1.807) is 19.9 Å². The molecular formula is C15H26N2O3S. The number of anilines is 1. The molecular weight excluding hydrogens is 288 g/mol. The lowest BCUT2D eigenvalue weighted by molar-refractivity contribution is 0.138. The molecule has 0 aromatic heterocycles. The minimum absolute atomic E-state index is 0.242. The molecule has 0 heterocycles. The lowest BCUT2D eigenvalue weighted by atomic mass is 10.1. The highest BCUT2D eigenvalue weighted by Crippen LogP contribution is 2.30. The average molecular weight is 314 g/mol. The molecule has 120 valence electrons. The lowest BCUT2D eigenvalue weighted by Gasteiger charge is -2.33. The third-order valence-corrected chi connectivity index (χ3v) is 6.08. The molecule has 0 aliphatic heterocycles. The zero-order valence-electron chi connectivity index (χ0n) is 13.5. The highest BCUT2D eigenvalue weighted by Gasteiger charge is 2.35. The van der Waals surface area contributed by atoms with Gasteiger partial charge in [0.05, 0.1) is 17.0 Å². The standard InChI is InChI=1S/C15H26N2O3S/c1-6-11-8-13(16)12(7-2)14(9-11)21(19,20)17(5)15(3,4)10-18/h8-9,18H,6-7,10,16H2,1-5H3. The number of aryl methyl sites for hydroxylation is 1. The van der Waals surface area contributed by atoms with Gasteiger partial charge in [0.2, 0.25) is 10.0 Å². The van der Waals surface area contributed by atoms with Gasteiger partial charge in [0.1, 0.15) is 0 Å². The summed E-state index contributed by atoms with van der Waals surface area (Å²) in [6.07, 6.45) is 1.25. The van der Waals surface area contributed by atoms with E-state index in [1.165, 1.54) is 11.4 Å². The number of sulfonamides is 1. The largest absolute Gasteiger partial charge is 0.398 e. The molecule has 0 amide bonds. The molecule has 0 unspecified atom stereocenters. The van der Waals surface area contributed by atoms with Crippen molar-refractivity contribution in [2.45, 2.75) is 51.0 Å². The maximum atomic E-state index is 12.9. The van der Waals surface area contributed by atoms with Crippen molar-refractivity contribution >= 4 is 15.7 Å². The Bertz CT molecular complexity index is 610. The van der Waals surface area contributed by atoms with Crippen LogP contribution in [0, 0.1) is 0 Å². The second-order valence-corrected chi connectivity index (χ2v) is 7.75. The van der Waals surface area contributed by atoms with Crippen LogP contribution in [0.1, 0.15) is 38.8 Å². The SMILES string of the molecule is CCc1cc(N)c(CC)c(S(=O)(=O)N(C)C(C)(C)CO)c1. The fraction of sp³-hybridized carbons (Fsp3) is 0.600. The average Bonchev–Trinajstić information content (AvgIpc) is 2.45. The van der Waals surface area contributed by atoms with E-state index in [2.05, 4.69) is 0 Å². The molecule has 21 heavy (non-hydrogen) atoms. The Morgan fingerprint density at radius 3 is 2.24 bits per heavy atom. The molecule has 0 aliphatic carbocycles. The van der Waals surface area contributed by atoms with E-state index in [1.807, 2.05) is 19.9 Å². The molecule has 0 radical (unpaired) electrons. The van der Waals surface area contributed by atoms with Gasteiger partial charge in [-0.2, -0.15) is 4.31 Å². The molecule has 0 bridgehead atoms. The summed E-state index contributed by atoms with van der Waals surface area (Å²) in [6, 6.07) is 3.52. The van der Waals surface area contributed by atoms with Crippen LogP contribution in [0.4, 0.5) is 5.69 Å². The number of likely N-dealkylation sites (N-methyl/N-ethyl adjacent to an activating group) is 1. The predicted octanol–water partition coefficient (Wildman–Crippen LogP) is 1.78. The lowest BCUT2D eigenvalue weighted by Crippen LogP contribution is -2.47. The first-order valence-corrected chi connectivity index (χ1v) is 8.57. The van der Waals surface area contributed by atoms with Crippen molar-refractivity contribution in [3.8, 4) is 0 Å². The van der Waals surface area contributed by atoms with Crippen molar-refractivity contribution in [2.24, 2.45) is 0 Å². The molecule has 0 atom stereocenters. The van der Waals surface area contributed by atoms with Crippen LogP contribution in [0.25, 0.3) is 0 Å². The van der Waals surface area contributed by atoms with Crippen molar-refractivity contribution in [1.82, 2.24) is 4.31 Å².